The van der Waals surface area contributed by atoms with Gasteiger partial charge in [0, 0.05) is 30.0 Å². The molecule has 0 fully saturated rings. The van der Waals surface area contributed by atoms with Crippen molar-refractivity contribution in [2.24, 2.45) is 0 Å². The third-order valence-corrected chi connectivity index (χ3v) is 5.24. The van der Waals surface area contributed by atoms with Crippen molar-refractivity contribution >= 4 is 0 Å². The Morgan fingerprint density at radius 3 is 2.54 bits per heavy atom. The second-order valence-electron chi connectivity index (χ2n) is 7.05. The van der Waals surface area contributed by atoms with E-state index < -0.39 is 0 Å². The zero-order valence-corrected chi connectivity index (χ0v) is 16.0. The Morgan fingerprint density at radius 2 is 1.79 bits per heavy atom. The Labute approximate surface area is 165 Å². The molecule has 1 aliphatic rings. The molecular weight excluding hydrogens is 350 g/mol. The predicted octanol–water partition coefficient (Wildman–Crippen LogP) is 4.30. The van der Waals surface area contributed by atoms with Gasteiger partial charge in [0.15, 0.2) is 0 Å². The van der Waals surface area contributed by atoms with E-state index in [1.54, 1.807) is 12.1 Å². The van der Waals surface area contributed by atoms with Crippen molar-refractivity contribution in [3.8, 4) is 17.2 Å². The van der Waals surface area contributed by atoms with E-state index in [1.807, 2.05) is 31.3 Å². The molecule has 0 amide bonds. The van der Waals surface area contributed by atoms with Crippen LogP contribution in [0.1, 0.15) is 28.5 Å². The molecular formula is C24H25NO3. The van der Waals surface area contributed by atoms with Gasteiger partial charge in [-0.1, -0.05) is 48.5 Å². The van der Waals surface area contributed by atoms with Crippen LogP contribution in [0.25, 0.3) is 0 Å². The van der Waals surface area contributed by atoms with E-state index in [0.29, 0.717) is 13.2 Å². The number of rotatable bonds is 6. The first kappa shape index (κ1) is 18.4. The molecule has 0 bridgehead atoms. The van der Waals surface area contributed by atoms with Crippen LogP contribution in [0.5, 0.6) is 17.2 Å². The molecule has 3 aromatic rings. The summed E-state index contributed by atoms with van der Waals surface area (Å²) in [6.45, 7) is 2.03. The van der Waals surface area contributed by atoms with E-state index in [9.17, 15) is 5.11 Å². The lowest BCUT2D eigenvalue weighted by molar-refractivity contribution is 0.247. The predicted molar refractivity (Wildman–Crippen MR) is 110 cm³/mol. The average molecular weight is 375 g/mol. The first-order valence-corrected chi connectivity index (χ1v) is 9.64. The Hall–Kier alpha value is -2.98. The maximum Gasteiger partial charge on any atom is 0.126 e. The van der Waals surface area contributed by atoms with Gasteiger partial charge in [-0.05, 0) is 36.4 Å². The monoisotopic (exact) mass is 375 g/mol. The van der Waals surface area contributed by atoms with Gasteiger partial charge >= 0.3 is 0 Å². The zero-order valence-electron chi connectivity index (χ0n) is 16.0. The highest BCUT2D eigenvalue weighted by atomic mass is 16.5. The molecule has 1 unspecified atom stereocenters. The van der Waals surface area contributed by atoms with Crippen molar-refractivity contribution in [1.29, 1.82) is 0 Å². The summed E-state index contributed by atoms with van der Waals surface area (Å²) in [5.74, 6) is 2.20. The summed E-state index contributed by atoms with van der Waals surface area (Å²) in [5.41, 5.74) is 3.56. The van der Waals surface area contributed by atoms with Crippen molar-refractivity contribution in [3.63, 3.8) is 0 Å². The van der Waals surface area contributed by atoms with Crippen molar-refractivity contribution in [2.75, 3.05) is 26.8 Å². The molecule has 2 N–H and O–H groups in total. The van der Waals surface area contributed by atoms with E-state index in [0.717, 1.165) is 23.6 Å². The van der Waals surface area contributed by atoms with Gasteiger partial charge in [-0.15, -0.1) is 0 Å². The Kier molecular flexibility index (Phi) is 5.49. The SMILES string of the molecule is CNCCOc1ccc(C2c3ccc(O)cc3OC[C@@H]2c2ccccc2)cc1. The molecule has 3 aromatic carbocycles. The molecule has 28 heavy (non-hydrogen) atoms. The minimum Gasteiger partial charge on any atom is -0.508 e. The fourth-order valence-corrected chi connectivity index (χ4v) is 3.84. The third-order valence-electron chi connectivity index (χ3n) is 5.24. The molecule has 0 aromatic heterocycles. The molecule has 1 heterocycles. The highest BCUT2D eigenvalue weighted by Crippen LogP contribution is 2.47. The summed E-state index contributed by atoms with van der Waals surface area (Å²) in [7, 11) is 1.91. The smallest absolute Gasteiger partial charge is 0.126 e. The first-order chi connectivity index (χ1) is 13.8. The van der Waals surface area contributed by atoms with E-state index in [1.165, 1.54) is 11.1 Å². The molecule has 0 radical (unpaired) electrons. The summed E-state index contributed by atoms with van der Waals surface area (Å²) in [6, 6.07) is 24.2. The standard InChI is InChI=1S/C24H25NO3/c1-25-13-14-27-20-10-7-18(8-11-20)24-21-12-9-19(26)15-23(21)28-16-22(24)17-5-3-2-4-6-17/h2-12,15,22,24-26H,13-14,16H2,1H3/t22-,24?/m1/s1. The van der Waals surface area contributed by atoms with Gasteiger partial charge in [0.1, 0.15) is 23.9 Å². The van der Waals surface area contributed by atoms with Crippen LogP contribution in [0.2, 0.25) is 0 Å². The normalized spacial score (nSPS) is 18.2. The molecule has 0 aliphatic carbocycles. The molecule has 4 rings (SSSR count). The topological polar surface area (TPSA) is 50.7 Å². The fraction of sp³-hybridized carbons (Fsp3) is 0.250. The summed E-state index contributed by atoms with van der Waals surface area (Å²) >= 11 is 0. The van der Waals surface area contributed by atoms with Gasteiger partial charge in [-0.2, -0.15) is 0 Å². The molecule has 1 aliphatic heterocycles. The van der Waals surface area contributed by atoms with Crippen LogP contribution >= 0.6 is 0 Å². The van der Waals surface area contributed by atoms with Gasteiger partial charge in [-0.25, -0.2) is 0 Å². The van der Waals surface area contributed by atoms with Crippen LogP contribution in [-0.4, -0.2) is 31.9 Å². The van der Waals surface area contributed by atoms with Crippen LogP contribution in [0.15, 0.2) is 72.8 Å². The number of aromatic hydroxyl groups is 1. The fourth-order valence-electron chi connectivity index (χ4n) is 3.84. The molecule has 0 spiro atoms. The Morgan fingerprint density at radius 1 is 1.00 bits per heavy atom. The number of phenols is 1. The van der Waals surface area contributed by atoms with E-state index >= 15 is 0 Å². The maximum atomic E-state index is 9.87. The quantitative estimate of drug-likeness (QED) is 0.631. The molecule has 0 saturated heterocycles. The van der Waals surface area contributed by atoms with E-state index in [-0.39, 0.29) is 17.6 Å². The van der Waals surface area contributed by atoms with Gasteiger partial charge in [-0.3, -0.25) is 0 Å². The highest BCUT2D eigenvalue weighted by molar-refractivity contribution is 5.50. The molecule has 4 heteroatoms. The zero-order chi connectivity index (χ0) is 19.3. The summed E-state index contributed by atoms with van der Waals surface area (Å²) < 4.78 is 11.8. The lowest BCUT2D eigenvalue weighted by Gasteiger charge is -2.34. The summed E-state index contributed by atoms with van der Waals surface area (Å²) in [4.78, 5) is 0. The van der Waals surface area contributed by atoms with Gasteiger partial charge in [0.05, 0.1) is 6.61 Å². The second kappa shape index (κ2) is 8.36. The number of hydrogen-bond donors (Lipinski definition) is 2. The average Bonchev–Trinajstić information content (AvgIpc) is 2.74. The van der Waals surface area contributed by atoms with Crippen LogP contribution in [0, 0.1) is 0 Å². The van der Waals surface area contributed by atoms with E-state index in [4.69, 9.17) is 9.47 Å². The van der Waals surface area contributed by atoms with Crippen LogP contribution < -0.4 is 14.8 Å². The molecule has 2 atom stereocenters. The van der Waals surface area contributed by atoms with Crippen molar-refractivity contribution in [1.82, 2.24) is 5.32 Å². The van der Waals surface area contributed by atoms with Gasteiger partial charge in [0.25, 0.3) is 0 Å². The van der Waals surface area contributed by atoms with Crippen molar-refractivity contribution < 1.29 is 14.6 Å². The molecule has 144 valence electrons. The van der Waals surface area contributed by atoms with Crippen LogP contribution in [-0.2, 0) is 0 Å². The van der Waals surface area contributed by atoms with Crippen LogP contribution in [0.4, 0.5) is 0 Å². The largest absolute Gasteiger partial charge is 0.508 e. The molecule has 4 nitrogen and oxygen atoms in total. The second-order valence-corrected chi connectivity index (χ2v) is 7.05. The maximum absolute atomic E-state index is 9.87. The molecule has 0 saturated carbocycles. The first-order valence-electron chi connectivity index (χ1n) is 9.64. The highest BCUT2D eigenvalue weighted by Gasteiger charge is 2.33. The van der Waals surface area contributed by atoms with Crippen LogP contribution in [0.3, 0.4) is 0 Å². The third kappa shape index (κ3) is 3.82. The number of hydrogen-bond acceptors (Lipinski definition) is 4. The summed E-state index contributed by atoms with van der Waals surface area (Å²) in [6.07, 6.45) is 0. The lowest BCUT2D eigenvalue weighted by Crippen LogP contribution is -2.25. The van der Waals surface area contributed by atoms with Crippen molar-refractivity contribution in [2.45, 2.75) is 11.8 Å². The lowest BCUT2D eigenvalue weighted by atomic mass is 9.76. The number of fused-ring (bicyclic) bond motifs is 1. The summed E-state index contributed by atoms with van der Waals surface area (Å²) in [5, 5.41) is 12.9. The number of benzene rings is 3. The number of likely N-dealkylation sites (N-methyl/N-ethyl adjacent to an activating group) is 1. The number of phenolic OH excluding ortho intramolecular Hbond substituents is 1. The van der Waals surface area contributed by atoms with E-state index in [2.05, 4.69) is 41.7 Å². The van der Waals surface area contributed by atoms with Gasteiger partial charge < -0.3 is 19.9 Å². The Balaban J connectivity index is 1.69. The number of nitrogens with one attached hydrogen (secondary N) is 1. The minimum atomic E-state index is 0.151. The van der Waals surface area contributed by atoms with Crippen molar-refractivity contribution in [3.05, 3.63) is 89.5 Å². The Bertz CT molecular complexity index is 909. The number of ether oxygens (including phenoxy) is 2. The minimum absolute atomic E-state index is 0.151. The van der Waals surface area contributed by atoms with Gasteiger partial charge in [0.2, 0.25) is 0 Å².